The third-order valence-electron chi connectivity index (χ3n) is 2.87. The normalized spacial score (nSPS) is 11.2. The Morgan fingerprint density at radius 3 is 2.35 bits per heavy atom. The molecule has 2 heteroatoms. The van der Waals surface area contributed by atoms with E-state index in [0.717, 1.165) is 11.1 Å². The van der Waals surface area contributed by atoms with Gasteiger partial charge in [-0.15, -0.1) is 0 Å². The van der Waals surface area contributed by atoms with Gasteiger partial charge in [0.25, 0.3) is 0 Å². The molecule has 0 saturated heterocycles. The third kappa shape index (κ3) is 3.47. The first-order chi connectivity index (χ1) is 9.37. The highest BCUT2D eigenvalue weighted by Crippen LogP contribution is 2.26. The first kappa shape index (κ1) is 14.3. The van der Waals surface area contributed by atoms with E-state index in [1.807, 2.05) is 70.2 Å². The molecule has 2 rings (SSSR count). The van der Waals surface area contributed by atoms with Crippen LogP contribution in [0.3, 0.4) is 0 Å². The number of carbonyl (C=O) groups excluding carboxylic acids is 1. The molecule has 0 aliphatic heterocycles. The van der Waals surface area contributed by atoms with Crippen molar-refractivity contribution in [2.24, 2.45) is 0 Å². The molecule has 0 unspecified atom stereocenters. The highest BCUT2D eigenvalue weighted by molar-refractivity contribution is 5.97. The van der Waals surface area contributed by atoms with Crippen molar-refractivity contribution >= 4 is 5.97 Å². The Hall–Kier alpha value is -2.09. The number of rotatable bonds is 2. The van der Waals surface area contributed by atoms with Crippen LogP contribution in [0.1, 0.15) is 36.7 Å². The molecule has 0 heterocycles. The lowest BCUT2D eigenvalue weighted by molar-refractivity contribution is 0.00705. The van der Waals surface area contributed by atoms with Crippen LogP contribution in [0, 0.1) is 6.92 Å². The SMILES string of the molecule is Cc1cccc(-c2ccccc2C(=O)OC(C)(C)C)c1. The molecule has 0 fully saturated rings. The van der Waals surface area contributed by atoms with Crippen LogP contribution in [0.5, 0.6) is 0 Å². The highest BCUT2D eigenvalue weighted by atomic mass is 16.6. The summed E-state index contributed by atoms with van der Waals surface area (Å²) >= 11 is 0. The fourth-order valence-electron chi connectivity index (χ4n) is 2.06. The molecule has 0 saturated carbocycles. The van der Waals surface area contributed by atoms with E-state index in [9.17, 15) is 4.79 Å². The predicted molar refractivity (Wildman–Crippen MR) is 81.8 cm³/mol. The van der Waals surface area contributed by atoms with E-state index < -0.39 is 5.60 Å². The summed E-state index contributed by atoms with van der Waals surface area (Å²) in [6.45, 7) is 7.67. The molecule has 104 valence electrons. The van der Waals surface area contributed by atoms with E-state index in [1.54, 1.807) is 0 Å². The van der Waals surface area contributed by atoms with Crippen LogP contribution in [-0.2, 0) is 4.74 Å². The van der Waals surface area contributed by atoms with Gasteiger partial charge in [0.15, 0.2) is 0 Å². The Balaban J connectivity index is 2.43. The Morgan fingerprint density at radius 1 is 1.00 bits per heavy atom. The highest BCUT2D eigenvalue weighted by Gasteiger charge is 2.20. The van der Waals surface area contributed by atoms with Gasteiger partial charge in [-0.3, -0.25) is 0 Å². The topological polar surface area (TPSA) is 26.3 Å². The van der Waals surface area contributed by atoms with Crippen LogP contribution in [0.2, 0.25) is 0 Å². The van der Waals surface area contributed by atoms with E-state index in [-0.39, 0.29) is 5.97 Å². The maximum atomic E-state index is 12.3. The summed E-state index contributed by atoms with van der Waals surface area (Å²) in [6.07, 6.45) is 0. The first-order valence-corrected chi connectivity index (χ1v) is 6.76. The molecular weight excluding hydrogens is 248 g/mol. The standard InChI is InChI=1S/C18H20O2/c1-13-8-7-9-14(12-13)15-10-5-6-11-16(15)17(19)20-18(2,3)4/h5-12H,1-4H3. The van der Waals surface area contributed by atoms with Gasteiger partial charge in [0, 0.05) is 0 Å². The molecule has 0 radical (unpaired) electrons. The van der Waals surface area contributed by atoms with Gasteiger partial charge in [0.2, 0.25) is 0 Å². The first-order valence-electron chi connectivity index (χ1n) is 6.76. The van der Waals surface area contributed by atoms with Gasteiger partial charge >= 0.3 is 5.97 Å². The van der Waals surface area contributed by atoms with Crippen LogP contribution in [0.4, 0.5) is 0 Å². The maximum absolute atomic E-state index is 12.3. The second kappa shape index (κ2) is 5.49. The van der Waals surface area contributed by atoms with Gasteiger partial charge in [-0.05, 0) is 44.9 Å². The number of ether oxygens (including phenoxy) is 1. The minimum absolute atomic E-state index is 0.283. The summed E-state index contributed by atoms with van der Waals surface area (Å²) in [5, 5.41) is 0. The fourth-order valence-corrected chi connectivity index (χ4v) is 2.06. The molecule has 2 aromatic rings. The summed E-state index contributed by atoms with van der Waals surface area (Å²) in [6, 6.07) is 15.7. The summed E-state index contributed by atoms with van der Waals surface area (Å²) in [4.78, 5) is 12.3. The summed E-state index contributed by atoms with van der Waals surface area (Å²) in [7, 11) is 0. The number of carbonyl (C=O) groups is 1. The molecule has 0 aliphatic rings. The second-order valence-corrected chi connectivity index (χ2v) is 5.92. The number of benzene rings is 2. The predicted octanol–water partition coefficient (Wildman–Crippen LogP) is 4.62. The monoisotopic (exact) mass is 268 g/mol. The molecular formula is C18H20O2. The molecule has 2 nitrogen and oxygen atoms in total. The largest absolute Gasteiger partial charge is 0.456 e. The van der Waals surface area contributed by atoms with Crippen molar-refractivity contribution in [3.8, 4) is 11.1 Å². The van der Waals surface area contributed by atoms with Gasteiger partial charge < -0.3 is 4.74 Å². The summed E-state index contributed by atoms with van der Waals surface area (Å²) in [5.74, 6) is -0.283. The number of aryl methyl sites for hydroxylation is 1. The summed E-state index contributed by atoms with van der Waals surface area (Å²) < 4.78 is 5.48. The van der Waals surface area contributed by atoms with Crippen LogP contribution in [0.15, 0.2) is 48.5 Å². The Morgan fingerprint density at radius 2 is 1.70 bits per heavy atom. The lowest BCUT2D eigenvalue weighted by atomic mass is 9.98. The molecule has 0 aliphatic carbocycles. The van der Waals surface area contributed by atoms with E-state index in [0.29, 0.717) is 5.56 Å². The second-order valence-electron chi connectivity index (χ2n) is 5.92. The van der Waals surface area contributed by atoms with Crippen molar-refractivity contribution in [3.05, 3.63) is 59.7 Å². The van der Waals surface area contributed by atoms with Crippen LogP contribution < -0.4 is 0 Å². The Labute approximate surface area is 120 Å². The molecule has 0 bridgehead atoms. The van der Waals surface area contributed by atoms with Crippen molar-refractivity contribution < 1.29 is 9.53 Å². The molecule has 2 aromatic carbocycles. The minimum Gasteiger partial charge on any atom is -0.456 e. The third-order valence-corrected chi connectivity index (χ3v) is 2.87. The number of hydrogen-bond acceptors (Lipinski definition) is 2. The minimum atomic E-state index is -0.489. The smallest absolute Gasteiger partial charge is 0.339 e. The van der Waals surface area contributed by atoms with Crippen molar-refractivity contribution in [2.75, 3.05) is 0 Å². The molecule has 0 spiro atoms. The van der Waals surface area contributed by atoms with Crippen LogP contribution in [0.25, 0.3) is 11.1 Å². The van der Waals surface area contributed by atoms with Crippen molar-refractivity contribution in [1.29, 1.82) is 0 Å². The van der Waals surface area contributed by atoms with E-state index in [2.05, 4.69) is 6.07 Å². The number of esters is 1. The zero-order valence-electron chi connectivity index (χ0n) is 12.4. The van der Waals surface area contributed by atoms with Crippen molar-refractivity contribution in [3.63, 3.8) is 0 Å². The van der Waals surface area contributed by atoms with Crippen molar-refractivity contribution in [2.45, 2.75) is 33.3 Å². The number of hydrogen-bond donors (Lipinski definition) is 0. The van der Waals surface area contributed by atoms with E-state index >= 15 is 0 Å². The molecule has 0 atom stereocenters. The van der Waals surface area contributed by atoms with Crippen molar-refractivity contribution in [1.82, 2.24) is 0 Å². The average molecular weight is 268 g/mol. The van der Waals surface area contributed by atoms with E-state index in [1.165, 1.54) is 5.56 Å². The van der Waals surface area contributed by atoms with Gasteiger partial charge in [0.05, 0.1) is 5.56 Å². The fraction of sp³-hybridized carbons (Fsp3) is 0.278. The van der Waals surface area contributed by atoms with Crippen LogP contribution in [-0.4, -0.2) is 11.6 Å². The maximum Gasteiger partial charge on any atom is 0.339 e. The van der Waals surface area contributed by atoms with Crippen LogP contribution >= 0.6 is 0 Å². The summed E-state index contributed by atoms with van der Waals surface area (Å²) in [5.41, 5.74) is 3.22. The quantitative estimate of drug-likeness (QED) is 0.743. The molecule has 0 amide bonds. The van der Waals surface area contributed by atoms with Gasteiger partial charge in [-0.1, -0.05) is 48.0 Å². The zero-order chi connectivity index (χ0) is 14.8. The lowest BCUT2D eigenvalue weighted by Crippen LogP contribution is -2.24. The van der Waals surface area contributed by atoms with Gasteiger partial charge in [-0.2, -0.15) is 0 Å². The molecule has 20 heavy (non-hydrogen) atoms. The molecule has 0 aromatic heterocycles. The Bertz CT molecular complexity index is 621. The Kier molecular flexibility index (Phi) is 3.93. The average Bonchev–Trinajstić information content (AvgIpc) is 2.37. The zero-order valence-corrected chi connectivity index (χ0v) is 12.4. The van der Waals surface area contributed by atoms with Gasteiger partial charge in [0.1, 0.15) is 5.60 Å². The van der Waals surface area contributed by atoms with Gasteiger partial charge in [-0.25, -0.2) is 4.79 Å². The van der Waals surface area contributed by atoms with E-state index in [4.69, 9.17) is 4.74 Å². The lowest BCUT2D eigenvalue weighted by Gasteiger charge is -2.20. The molecule has 0 N–H and O–H groups in total.